The molecule has 1 atom stereocenters. The standard InChI is InChI=1S/C20H28O2S/c1-3-4-5-6-7-11-14-20(2)18(15-19(21)23-20)22-16-17-12-9-8-10-13-17/h8-10,12-13,15H,3-7,11,14,16H2,1-2H3. The molecule has 0 spiro atoms. The van der Waals surface area contributed by atoms with E-state index in [-0.39, 0.29) is 9.86 Å². The smallest absolute Gasteiger partial charge is 0.216 e. The van der Waals surface area contributed by atoms with Crippen LogP contribution in [0.5, 0.6) is 0 Å². The van der Waals surface area contributed by atoms with Crippen LogP contribution >= 0.6 is 11.8 Å². The van der Waals surface area contributed by atoms with Crippen molar-refractivity contribution in [2.24, 2.45) is 0 Å². The fraction of sp³-hybridized carbons (Fsp3) is 0.550. The van der Waals surface area contributed by atoms with Gasteiger partial charge in [0.05, 0.1) is 4.75 Å². The SMILES string of the molecule is CCCCCCCCC1(C)SC(=O)C=C1OCc1ccccc1. The van der Waals surface area contributed by atoms with E-state index in [1.807, 2.05) is 18.2 Å². The first-order valence-corrected chi connectivity index (χ1v) is 9.57. The van der Waals surface area contributed by atoms with Crippen LogP contribution < -0.4 is 0 Å². The van der Waals surface area contributed by atoms with Crippen LogP contribution in [0, 0.1) is 0 Å². The number of thioether (sulfide) groups is 1. The van der Waals surface area contributed by atoms with E-state index in [0.717, 1.165) is 24.2 Å². The number of ether oxygens (including phenoxy) is 1. The monoisotopic (exact) mass is 332 g/mol. The Hall–Kier alpha value is -1.22. The lowest BCUT2D eigenvalue weighted by Crippen LogP contribution is -2.22. The Bertz CT molecular complexity index is 524. The van der Waals surface area contributed by atoms with Gasteiger partial charge >= 0.3 is 0 Å². The summed E-state index contributed by atoms with van der Waals surface area (Å²) in [4.78, 5) is 11.9. The highest BCUT2D eigenvalue weighted by Crippen LogP contribution is 2.44. The molecule has 2 nitrogen and oxygen atoms in total. The fourth-order valence-corrected chi connectivity index (χ4v) is 3.98. The lowest BCUT2D eigenvalue weighted by molar-refractivity contribution is -0.107. The number of rotatable bonds is 10. The van der Waals surface area contributed by atoms with Gasteiger partial charge in [-0.1, -0.05) is 87.5 Å². The van der Waals surface area contributed by atoms with Crippen LogP contribution in [0.1, 0.15) is 64.4 Å². The highest BCUT2D eigenvalue weighted by Gasteiger charge is 2.39. The predicted molar refractivity (Wildman–Crippen MR) is 98.3 cm³/mol. The molecule has 0 amide bonds. The molecule has 126 valence electrons. The molecule has 0 saturated carbocycles. The number of carbonyl (C=O) groups excluding carboxylic acids is 1. The summed E-state index contributed by atoms with van der Waals surface area (Å²) in [6.45, 7) is 4.92. The highest BCUT2D eigenvalue weighted by atomic mass is 32.2. The minimum atomic E-state index is -0.184. The summed E-state index contributed by atoms with van der Waals surface area (Å²) in [7, 11) is 0. The van der Waals surface area contributed by atoms with E-state index in [2.05, 4.69) is 26.0 Å². The van der Waals surface area contributed by atoms with Gasteiger partial charge < -0.3 is 4.74 Å². The molecule has 1 unspecified atom stereocenters. The first-order chi connectivity index (χ1) is 11.1. The van der Waals surface area contributed by atoms with Gasteiger partial charge in [0.15, 0.2) is 0 Å². The Morgan fingerprint density at radius 2 is 1.74 bits per heavy atom. The molecule has 1 aliphatic heterocycles. The summed E-state index contributed by atoms with van der Waals surface area (Å²) in [6.07, 6.45) is 10.3. The highest BCUT2D eigenvalue weighted by molar-refractivity contribution is 8.15. The quantitative estimate of drug-likeness (QED) is 0.501. The minimum Gasteiger partial charge on any atom is -0.492 e. The summed E-state index contributed by atoms with van der Waals surface area (Å²) in [5.41, 5.74) is 1.14. The van der Waals surface area contributed by atoms with Crippen molar-refractivity contribution < 1.29 is 9.53 Å². The van der Waals surface area contributed by atoms with Crippen LogP contribution in [-0.2, 0) is 16.1 Å². The van der Waals surface area contributed by atoms with E-state index in [9.17, 15) is 4.79 Å². The van der Waals surface area contributed by atoms with Crippen LogP contribution in [-0.4, -0.2) is 9.86 Å². The molecule has 0 radical (unpaired) electrons. The second kappa shape index (κ2) is 9.17. The molecule has 1 heterocycles. The third-order valence-electron chi connectivity index (χ3n) is 4.34. The molecular weight excluding hydrogens is 304 g/mol. The van der Waals surface area contributed by atoms with Gasteiger partial charge in [0.1, 0.15) is 12.4 Å². The lowest BCUT2D eigenvalue weighted by atomic mass is 9.99. The van der Waals surface area contributed by atoms with Crippen molar-refractivity contribution in [2.75, 3.05) is 0 Å². The normalized spacial score (nSPS) is 20.6. The molecule has 0 bridgehead atoms. The number of benzene rings is 1. The van der Waals surface area contributed by atoms with Crippen LogP contribution in [0.25, 0.3) is 0 Å². The second-order valence-corrected chi connectivity index (χ2v) is 7.96. The van der Waals surface area contributed by atoms with Gasteiger partial charge in [-0.3, -0.25) is 4.79 Å². The zero-order chi connectivity index (χ0) is 16.5. The molecule has 0 fully saturated rings. The molecule has 1 aromatic rings. The van der Waals surface area contributed by atoms with E-state index in [1.165, 1.54) is 43.9 Å². The summed E-state index contributed by atoms with van der Waals surface area (Å²) >= 11 is 1.42. The van der Waals surface area contributed by atoms with Crippen molar-refractivity contribution >= 4 is 16.9 Å². The number of hydrogen-bond donors (Lipinski definition) is 0. The third-order valence-corrected chi connectivity index (χ3v) is 5.52. The van der Waals surface area contributed by atoms with Crippen LogP contribution in [0.15, 0.2) is 42.2 Å². The summed E-state index contributed by atoms with van der Waals surface area (Å²) < 4.78 is 5.81. The Morgan fingerprint density at radius 1 is 1.04 bits per heavy atom. The Morgan fingerprint density at radius 3 is 2.48 bits per heavy atom. The Balaban J connectivity index is 1.82. The summed E-state index contributed by atoms with van der Waals surface area (Å²) in [5, 5.41) is 0.126. The van der Waals surface area contributed by atoms with Crippen molar-refractivity contribution in [1.82, 2.24) is 0 Å². The fourth-order valence-electron chi connectivity index (χ4n) is 2.91. The molecular formula is C20H28O2S. The first-order valence-electron chi connectivity index (χ1n) is 8.76. The average Bonchev–Trinajstić information content (AvgIpc) is 2.84. The van der Waals surface area contributed by atoms with Gasteiger partial charge in [-0.2, -0.15) is 0 Å². The lowest BCUT2D eigenvalue weighted by Gasteiger charge is -2.26. The topological polar surface area (TPSA) is 26.3 Å². The Kier molecular flexibility index (Phi) is 7.22. The van der Waals surface area contributed by atoms with Crippen molar-refractivity contribution in [3.05, 3.63) is 47.7 Å². The number of hydrogen-bond acceptors (Lipinski definition) is 3. The summed E-state index contributed by atoms with van der Waals surface area (Å²) in [6, 6.07) is 10.1. The van der Waals surface area contributed by atoms with E-state index in [0.29, 0.717) is 6.61 Å². The molecule has 23 heavy (non-hydrogen) atoms. The maximum Gasteiger partial charge on any atom is 0.216 e. The molecule has 0 saturated heterocycles. The van der Waals surface area contributed by atoms with Gasteiger partial charge in [-0.25, -0.2) is 0 Å². The molecule has 3 heteroatoms. The zero-order valence-electron chi connectivity index (χ0n) is 14.3. The maximum absolute atomic E-state index is 11.9. The largest absolute Gasteiger partial charge is 0.492 e. The van der Waals surface area contributed by atoms with Crippen molar-refractivity contribution in [2.45, 2.75) is 70.1 Å². The average molecular weight is 333 g/mol. The van der Waals surface area contributed by atoms with Crippen LogP contribution in [0.2, 0.25) is 0 Å². The third kappa shape index (κ3) is 5.72. The molecule has 2 rings (SSSR count). The van der Waals surface area contributed by atoms with Crippen molar-refractivity contribution in [3.8, 4) is 0 Å². The summed E-state index contributed by atoms with van der Waals surface area (Å²) in [5.74, 6) is 0.852. The van der Waals surface area contributed by atoms with E-state index in [1.54, 1.807) is 6.08 Å². The molecule has 1 aromatic carbocycles. The van der Waals surface area contributed by atoms with Gasteiger partial charge in [0, 0.05) is 6.08 Å². The van der Waals surface area contributed by atoms with Crippen molar-refractivity contribution in [3.63, 3.8) is 0 Å². The molecule has 0 aromatic heterocycles. The predicted octanol–water partition coefficient (Wildman–Crippen LogP) is 5.87. The van der Waals surface area contributed by atoms with Gasteiger partial charge in [0.25, 0.3) is 0 Å². The molecule has 1 aliphatic rings. The van der Waals surface area contributed by atoms with E-state index >= 15 is 0 Å². The molecule has 0 N–H and O–H groups in total. The van der Waals surface area contributed by atoms with Gasteiger partial charge in [0.2, 0.25) is 5.12 Å². The van der Waals surface area contributed by atoms with E-state index < -0.39 is 0 Å². The minimum absolute atomic E-state index is 0.126. The maximum atomic E-state index is 11.9. The first kappa shape index (κ1) is 18.1. The Labute approximate surface area is 144 Å². The zero-order valence-corrected chi connectivity index (χ0v) is 15.2. The van der Waals surface area contributed by atoms with Gasteiger partial charge in [-0.05, 0) is 18.9 Å². The van der Waals surface area contributed by atoms with Crippen molar-refractivity contribution in [1.29, 1.82) is 0 Å². The van der Waals surface area contributed by atoms with E-state index in [4.69, 9.17) is 4.74 Å². The number of carbonyl (C=O) groups is 1. The molecule has 0 aliphatic carbocycles. The van der Waals surface area contributed by atoms with Gasteiger partial charge in [-0.15, -0.1) is 0 Å². The number of unbranched alkanes of at least 4 members (excludes halogenated alkanes) is 5. The second-order valence-electron chi connectivity index (χ2n) is 6.45. The van der Waals surface area contributed by atoms with Crippen LogP contribution in [0.4, 0.5) is 0 Å². The van der Waals surface area contributed by atoms with Crippen LogP contribution in [0.3, 0.4) is 0 Å².